The van der Waals surface area contributed by atoms with Crippen LogP contribution in [0.4, 0.5) is 0 Å². The topological polar surface area (TPSA) is 12.0 Å². The molecular weight excluding hydrogens is 182 g/mol. The highest BCUT2D eigenvalue weighted by molar-refractivity contribution is 5.39. The number of benzene rings is 1. The standard InChI is InChI=1S/C14H19N/c1-10-2-3-11-4-5-12(8-14(10)11)13-6-7-15-9-13/h4-5,8,10,13,15H,2-3,6-7,9H2,1H3. The minimum Gasteiger partial charge on any atom is -0.316 e. The Balaban J connectivity index is 1.94. The molecule has 1 N–H and O–H groups in total. The highest BCUT2D eigenvalue weighted by Gasteiger charge is 2.22. The van der Waals surface area contributed by atoms with Crippen LogP contribution in [0, 0.1) is 0 Å². The Bertz CT molecular complexity index is 364. The highest BCUT2D eigenvalue weighted by Crippen LogP contribution is 2.35. The number of fused-ring (bicyclic) bond motifs is 1. The molecule has 0 saturated carbocycles. The summed E-state index contributed by atoms with van der Waals surface area (Å²) >= 11 is 0. The summed E-state index contributed by atoms with van der Waals surface area (Å²) in [5.74, 6) is 1.55. The zero-order valence-electron chi connectivity index (χ0n) is 9.42. The van der Waals surface area contributed by atoms with E-state index in [1.165, 1.54) is 32.4 Å². The third kappa shape index (κ3) is 1.59. The number of hydrogen-bond acceptors (Lipinski definition) is 1. The lowest BCUT2D eigenvalue weighted by Crippen LogP contribution is -2.08. The smallest absolute Gasteiger partial charge is 0.00206 e. The SMILES string of the molecule is CC1CCc2ccc(C3CCNC3)cc21. The van der Waals surface area contributed by atoms with Crippen molar-refractivity contribution in [1.29, 1.82) is 0 Å². The Morgan fingerprint density at radius 3 is 3.00 bits per heavy atom. The van der Waals surface area contributed by atoms with E-state index >= 15 is 0 Å². The number of nitrogens with one attached hydrogen (secondary N) is 1. The average molecular weight is 201 g/mol. The fourth-order valence-electron chi connectivity index (χ4n) is 3.02. The van der Waals surface area contributed by atoms with Gasteiger partial charge >= 0.3 is 0 Å². The third-order valence-corrected chi connectivity index (χ3v) is 4.08. The number of aryl methyl sites for hydroxylation is 1. The van der Waals surface area contributed by atoms with Crippen molar-refractivity contribution < 1.29 is 0 Å². The van der Waals surface area contributed by atoms with Crippen molar-refractivity contribution in [1.82, 2.24) is 5.32 Å². The molecule has 1 nitrogen and oxygen atoms in total. The lowest BCUT2D eigenvalue weighted by Gasteiger charge is -2.12. The summed E-state index contributed by atoms with van der Waals surface area (Å²) in [6.07, 6.45) is 3.95. The molecule has 1 aliphatic heterocycles. The largest absolute Gasteiger partial charge is 0.316 e. The van der Waals surface area contributed by atoms with Crippen molar-refractivity contribution in [3.8, 4) is 0 Å². The van der Waals surface area contributed by atoms with Crippen LogP contribution in [0.25, 0.3) is 0 Å². The lowest BCUT2D eigenvalue weighted by molar-refractivity contribution is 0.738. The monoisotopic (exact) mass is 201 g/mol. The molecule has 2 atom stereocenters. The second-order valence-electron chi connectivity index (χ2n) is 5.09. The summed E-state index contributed by atoms with van der Waals surface area (Å²) in [5, 5.41) is 3.45. The quantitative estimate of drug-likeness (QED) is 0.736. The van der Waals surface area contributed by atoms with Crippen LogP contribution in [-0.4, -0.2) is 13.1 Å². The van der Waals surface area contributed by atoms with Gasteiger partial charge in [-0.2, -0.15) is 0 Å². The van der Waals surface area contributed by atoms with E-state index in [4.69, 9.17) is 0 Å². The first-order valence-electron chi connectivity index (χ1n) is 6.18. The van der Waals surface area contributed by atoms with Crippen LogP contribution in [0.2, 0.25) is 0 Å². The highest BCUT2D eigenvalue weighted by atomic mass is 14.9. The van der Waals surface area contributed by atoms with Gasteiger partial charge in [0.05, 0.1) is 0 Å². The van der Waals surface area contributed by atoms with Crippen LogP contribution < -0.4 is 5.32 Å². The van der Waals surface area contributed by atoms with E-state index in [1.807, 2.05) is 0 Å². The lowest BCUT2D eigenvalue weighted by atomic mass is 9.93. The van der Waals surface area contributed by atoms with E-state index in [-0.39, 0.29) is 0 Å². The molecule has 2 unspecified atom stereocenters. The Morgan fingerprint density at radius 1 is 1.27 bits per heavy atom. The van der Waals surface area contributed by atoms with Gasteiger partial charge in [0.2, 0.25) is 0 Å². The van der Waals surface area contributed by atoms with Gasteiger partial charge < -0.3 is 5.32 Å². The van der Waals surface area contributed by atoms with Gasteiger partial charge in [0.15, 0.2) is 0 Å². The summed E-state index contributed by atoms with van der Waals surface area (Å²) in [5.41, 5.74) is 4.78. The Kier molecular flexibility index (Phi) is 2.28. The Hall–Kier alpha value is -0.820. The molecule has 1 fully saturated rings. The van der Waals surface area contributed by atoms with Gasteiger partial charge in [-0.15, -0.1) is 0 Å². The molecule has 1 aromatic rings. The second kappa shape index (κ2) is 3.64. The molecule has 1 saturated heterocycles. The minimum atomic E-state index is 0.767. The van der Waals surface area contributed by atoms with Gasteiger partial charge in [-0.1, -0.05) is 25.1 Å². The Labute approximate surface area is 91.9 Å². The zero-order chi connectivity index (χ0) is 10.3. The molecule has 0 aromatic heterocycles. The van der Waals surface area contributed by atoms with Gasteiger partial charge in [-0.25, -0.2) is 0 Å². The van der Waals surface area contributed by atoms with Gasteiger partial charge in [-0.05, 0) is 54.3 Å². The second-order valence-corrected chi connectivity index (χ2v) is 5.09. The third-order valence-electron chi connectivity index (χ3n) is 4.08. The molecule has 0 radical (unpaired) electrons. The molecule has 1 heterocycles. The van der Waals surface area contributed by atoms with Gasteiger partial charge in [-0.3, -0.25) is 0 Å². The molecule has 80 valence electrons. The number of rotatable bonds is 1. The van der Waals surface area contributed by atoms with E-state index in [0.717, 1.165) is 11.8 Å². The maximum absolute atomic E-state index is 3.45. The molecule has 15 heavy (non-hydrogen) atoms. The zero-order valence-corrected chi connectivity index (χ0v) is 9.42. The van der Waals surface area contributed by atoms with E-state index in [1.54, 1.807) is 16.7 Å². The van der Waals surface area contributed by atoms with Crippen LogP contribution >= 0.6 is 0 Å². The predicted octanol–water partition coefficient (Wildman–Crippen LogP) is 2.81. The van der Waals surface area contributed by atoms with Gasteiger partial charge in [0, 0.05) is 6.54 Å². The van der Waals surface area contributed by atoms with Crippen molar-refractivity contribution >= 4 is 0 Å². The molecule has 1 aromatic carbocycles. The summed E-state index contributed by atoms with van der Waals surface area (Å²) < 4.78 is 0. The first-order chi connectivity index (χ1) is 7.34. The fourth-order valence-corrected chi connectivity index (χ4v) is 3.02. The van der Waals surface area contributed by atoms with Crippen LogP contribution in [0.1, 0.15) is 48.3 Å². The average Bonchev–Trinajstić information content (AvgIpc) is 2.88. The summed E-state index contributed by atoms with van der Waals surface area (Å²) in [4.78, 5) is 0. The first-order valence-corrected chi connectivity index (χ1v) is 6.18. The van der Waals surface area contributed by atoms with Crippen molar-refractivity contribution in [2.75, 3.05) is 13.1 Å². The van der Waals surface area contributed by atoms with E-state index < -0.39 is 0 Å². The molecule has 3 rings (SSSR count). The normalized spacial score (nSPS) is 29.4. The van der Waals surface area contributed by atoms with Gasteiger partial charge in [0.25, 0.3) is 0 Å². The van der Waals surface area contributed by atoms with Crippen LogP contribution in [0.5, 0.6) is 0 Å². The van der Waals surface area contributed by atoms with E-state index in [9.17, 15) is 0 Å². The summed E-state index contributed by atoms with van der Waals surface area (Å²) in [6, 6.07) is 7.20. The molecule has 0 amide bonds. The molecule has 0 spiro atoms. The molecule has 1 heteroatoms. The van der Waals surface area contributed by atoms with Crippen molar-refractivity contribution in [3.63, 3.8) is 0 Å². The molecule has 2 aliphatic rings. The minimum absolute atomic E-state index is 0.767. The maximum Gasteiger partial charge on any atom is 0.00206 e. The van der Waals surface area contributed by atoms with Crippen molar-refractivity contribution in [2.24, 2.45) is 0 Å². The van der Waals surface area contributed by atoms with Gasteiger partial charge in [0.1, 0.15) is 0 Å². The molecular formula is C14H19N. The van der Waals surface area contributed by atoms with Crippen molar-refractivity contribution in [2.45, 2.75) is 38.0 Å². The van der Waals surface area contributed by atoms with Crippen LogP contribution in [-0.2, 0) is 6.42 Å². The van der Waals surface area contributed by atoms with Crippen LogP contribution in [0.15, 0.2) is 18.2 Å². The summed E-state index contributed by atoms with van der Waals surface area (Å²) in [6.45, 7) is 4.73. The Morgan fingerprint density at radius 2 is 2.20 bits per heavy atom. The van der Waals surface area contributed by atoms with Crippen LogP contribution in [0.3, 0.4) is 0 Å². The number of hydrogen-bond donors (Lipinski definition) is 1. The molecule has 1 aliphatic carbocycles. The van der Waals surface area contributed by atoms with E-state index in [2.05, 4.69) is 30.4 Å². The summed E-state index contributed by atoms with van der Waals surface area (Å²) in [7, 11) is 0. The maximum atomic E-state index is 3.45. The van der Waals surface area contributed by atoms with Crippen molar-refractivity contribution in [3.05, 3.63) is 34.9 Å². The predicted molar refractivity (Wildman–Crippen MR) is 63.4 cm³/mol. The van der Waals surface area contributed by atoms with E-state index in [0.29, 0.717) is 0 Å². The molecule has 0 bridgehead atoms. The first kappa shape index (κ1) is 9.41. The fraction of sp³-hybridized carbons (Fsp3) is 0.571.